The van der Waals surface area contributed by atoms with E-state index in [2.05, 4.69) is 5.32 Å². The van der Waals surface area contributed by atoms with Crippen LogP contribution in [0.1, 0.15) is 23.0 Å². The molecule has 1 atom stereocenters. The minimum absolute atomic E-state index is 0.0625. The molecule has 2 N–H and O–H groups in total. The van der Waals surface area contributed by atoms with E-state index in [4.69, 9.17) is 9.15 Å². The third kappa shape index (κ3) is 3.41. The molecule has 0 fully saturated rings. The van der Waals surface area contributed by atoms with Crippen LogP contribution in [0.15, 0.2) is 41.0 Å². The lowest BCUT2D eigenvalue weighted by Gasteiger charge is -2.21. The maximum absolute atomic E-state index is 13.5. The van der Waals surface area contributed by atoms with Crippen LogP contribution in [-0.4, -0.2) is 24.7 Å². The fraction of sp³-hybridized carbons (Fsp3) is 0.267. The summed E-state index contributed by atoms with van der Waals surface area (Å²) in [5.74, 6) is -0.718. The summed E-state index contributed by atoms with van der Waals surface area (Å²) in [6.45, 7) is 1.45. The summed E-state index contributed by atoms with van der Waals surface area (Å²) in [6, 6.07) is 7.15. The van der Waals surface area contributed by atoms with Gasteiger partial charge in [-0.05, 0) is 37.3 Å². The van der Waals surface area contributed by atoms with Crippen LogP contribution in [-0.2, 0) is 5.60 Å². The predicted octanol–water partition coefficient (Wildman–Crippen LogP) is 2.06. The smallest absolute Gasteiger partial charge is 0.251 e. The van der Waals surface area contributed by atoms with Crippen LogP contribution in [0, 0.1) is 5.82 Å². The average molecular weight is 293 g/mol. The van der Waals surface area contributed by atoms with Crippen LogP contribution in [0.2, 0.25) is 0 Å². The van der Waals surface area contributed by atoms with Crippen LogP contribution in [0.5, 0.6) is 5.75 Å². The van der Waals surface area contributed by atoms with E-state index in [-0.39, 0.29) is 17.9 Å². The van der Waals surface area contributed by atoms with Crippen LogP contribution in [0.3, 0.4) is 0 Å². The normalized spacial score (nSPS) is 13.5. The lowest BCUT2D eigenvalue weighted by Crippen LogP contribution is -2.38. The van der Waals surface area contributed by atoms with E-state index in [0.29, 0.717) is 5.76 Å². The Morgan fingerprint density at radius 3 is 2.81 bits per heavy atom. The Labute approximate surface area is 121 Å². The molecule has 1 heterocycles. The second-order valence-corrected chi connectivity index (χ2v) is 4.78. The Kier molecular flexibility index (Phi) is 4.28. The first kappa shape index (κ1) is 15.1. The van der Waals surface area contributed by atoms with Crippen molar-refractivity contribution in [2.45, 2.75) is 12.5 Å². The molecule has 0 aliphatic rings. The average Bonchev–Trinajstić information content (AvgIpc) is 2.99. The Morgan fingerprint density at radius 1 is 1.48 bits per heavy atom. The molecule has 0 saturated carbocycles. The fourth-order valence-electron chi connectivity index (χ4n) is 1.83. The molecular weight excluding hydrogens is 277 g/mol. The molecule has 1 aromatic heterocycles. The third-order valence-electron chi connectivity index (χ3n) is 3.06. The molecule has 2 aromatic rings. The number of hydrogen-bond acceptors (Lipinski definition) is 4. The van der Waals surface area contributed by atoms with Crippen LogP contribution in [0.4, 0.5) is 4.39 Å². The topological polar surface area (TPSA) is 71.7 Å². The molecule has 21 heavy (non-hydrogen) atoms. The molecule has 2 rings (SSSR count). The monoisotopic (exact) mass is 293 g/mol. The van der Waals surface area contributed by atoms with Gasteiger partial charge in [-0.25, -0.2) is 4.39 Å². The first-order valence-electron chi connectivity index (χ1n) is 6.32. The van der Waals surface area contributed by atoms with Gasteiger partial charge in [0, 0.05) is 5.56 Å². The summed E-state index contributed by atoms with van der Waals surface area (Å²) < 4.78 is 23.4. The quantitative estimate of drug-likeness (QED) is 0.885. The van der Waals surface area contributed by atoms with Gasteiger partial charge in [0.25, 0.3) is 5.91 Å². The summed E-state index contributed by atoms with van der Waals surface area (Å²) >= 11 is 0. The van der Waals surface area contributed by atoms with Crippen molar-refractivity contribution in [1.82, 2.24) is 5.32 Å². The number of amides is 1. The fourth-order valence-corrected chi connectivity index (χ4v) is 1.83. The van der Waals surface area contributed by atoms with Gasteiger partial charge in [0.2, 0.25) is 0 Å². The number of halogens is 1. The predicted molar refractivity (Wildman–Crippen MR) is 73.6 cm³/mol. The molecule has 112 valence electrons. The summed E-state index contributed by atoms with van der Waals surface area (Å²) in [5, 5.41) is 12.7. The SMILES string of the molecule is COc1ccc(C(=O)NCC(C)(O)c2ccco2)cc1F. The third-order valence-corrected chi connectivity index (χ3v) is 3.06. The number of methoxy groups -OCH3 is 1. The van der Waals surface area contributed by atoms with Crippen molar-refractivity contribution in [3.05, 3.63) is 53.7 Å². The highest BCUT2D eigenvalue weighted by atomic mass is 19.1. The highest BCUT2D eigenvalue weighted by Gasteiger charge is 2.27. The molecule has 1 amide bonds. The maximum Gasteiger partial charge on any atom is 0.251 e. The number of carbonyl (C=O) groups excluding carboxylic acids is 1. The van der Waals surface area contributed by atoms with Crippen LogP contribution < -0.4 is 10.1 Å². The first-order chi connectivity index (χ1) is 9.94. The number of hydrogen-bond donors (Lipinski definition) is 2. The van der Waals surface area contributed by atoms with Gasteiger partial charge < -0.3 is 19.6 Å². The zero-order valence-electron chi connectivity index (χ0n) is 11.7. The van der Waals surface area contributed by atoms with Gasteiger partial charge in [0.1, 0.15) is 11.4 Å². The van der Waals surface area contributed by atoms with E-state index in [1.54, 1.807) is 12.1 Å². The number of carbonyl (C=O) groups is 1. The van der Waals surface area contributed by atoms with E-state index in [9.17, 15) is 14.3 Å². The minimum Gasteiger partial charge on any atom is -0.494 e. The molecule has 0 aliphatic heterocycles. The zero-order valence-corrected chi connectivity index (χ0v) is 11.7. The van der Waals surface area contributed by atoms with E-state index in [1.807, 2.05) is 0 Å². The van der Waals surface area contributed by atoms with Crippen molar-refractivity contribution >= 4 is 5.91 Å². The standard InChI is InChI=1S/C15H16FNO4/c1-15(19,13-4-3-7-21-13)9-17-14(18)10-5-6-12(20-2)11(16)8-10/h3-8,19H,9H2,1-2H3,(H,17,18). The zero-order chi connectivity index (χ0) is 15.5. The number of rotatable bonds is 5. The van der Waals surface area contributed by atoms with Crippen LogP contribution >= 0.6 is 0 Å². The van der Waals surface area contributed by atoms with Gasteiger partial charge in [0.15, 0.2) is 11.6 Å². The lowest BCUT2D eigenvalue weighted by atomic mass is 10.0. The summed E-state index contributed by atoms with van der Waals surface area (Å²) in [4.78, 5) is 12.0. The first-order valence-corrected chi connectivity index (χ1v) is 6.32. The van der Waals surface area contributed by atoms with Gasteiger partial charge >= 0.3 is 0 Å². The summed E-state index contributed by atoms with van der Waals surface area (Å²) in [7, 11) is 1.35. The van der Waals surface area contributed by atoms with E-state index >= 15 is 0 Å². The molecule has 0 aliphatic carbocycles. The van der Waals surface area contributed by atoms with Gasteiger partial charge in [-0.15, -0.1) is 0 Å². The molecule has 5 nitrogen and oxygen atoms in total. The molecule has 0 saturated heterocycles. The van der Waals surface area contributed by atoms with Gasteiger partial charge in [-0.1, -0.05) is 0 Å². The molecular formula is C15H16FNO4. The van der Waals surface area contributed by atoms with Crippen molar-refractivity contribution in [2.75, 3.05) is 13.7 Å². The van der Waals surface area contributed by atoms with Crippen molar-refractivity contribution in [1.29, 1.82) is 0 Å². The molecule has 0 bridgehead atoms. The molecule has 1 aromatic carbocycles. The summed E-state index contributed by atoms with van der Waals surface area (Å²) in [6.07, 6.45) is 1.43. The van der Waals surface area contributed by atoms with Crippen molar-refractivity contribution in [3.8, 4) is 5.75 Å². The number of furan rings is 1. The lowest BCUT2D eigenvalue weighted by molar-refractivity contribution is 0.0330. The second kappa shape index (κ2) is 5.97. The van der Waals surface area contributed by atoms with Gasteiger partial charge in [-0.2, -0.15) is 0 Å². The minimum atomic E-state index is -1.34. The highest BCUT2D eigenvalue weighted by Crippen LogP contribution is 2.21. The molecule has 6 heteroatoms. The Hall–Kier alpha value is -2.34. The highest BCUT2D eigenvalue weighted by molar-refractivity contribution is 5.94. The second-order valence-electron chi connectivity index (χ2n) is 4.78. The molecule has 1 unspecified atom stereocenters. The molecule has 0 spiro atoms. The number of ether oxygens (including phenoxy) is 1. The van der Waals surface area contributed by atoms with Crippen molar-refractivity contribution < 1.29 is 23.4 Å². The number of aliphatic hydroxyl groups is 1. The van der Waals surface area contributed by atoms with Crippen molar-refractivity contribution in [3.63, 3.8) is 0 Å². The van der Waals surface area contributed by atoms with Gasteiger partial charge in [-0.3, -0.25) is 4.79 Å². The molecule has 0 radical (unpaired) electrons. The Balaban J connectivity index is 2.03. The van der Waals surface area contributed by atoms with Gasteiger partial charge in [0.05, 0.1) is 19.9 Å². The van der Waals surface area contributed by atoms with E-state index in [1.165, 1.54) is 32.4 Å². The summed E-state index contributed by atoms with van der Waals surface area (Å²) in [5.41, 5.74) is -1.20. The largest absolute Gasteiger partial charge is 0.494 e. The van der Waals surface area contributed by atoms with E-state index in [0.717, 1.165) is 6.07 Å². The van der Waals surface area contributed by atoms with E-state index < -0.39 is 17.3 Å². The van der Waals surface area contributed by atoms with Crippen molar-refractivity contribution in [2.24, 2.45) is 0 Å². The maximum atomic E-state index is 13.5. The Bertz CT molecular complexity index is 623. The number of benzene rings is 1. The number of nitrogens with one attached hydrogen (secondary N) is 1. The van der Waals surface area contributed by atoms with Crippen LogP contribution in [0.25, 0.3) is 0 Å². The Morgan fingerprint density at radius 2 is 2.24 bits per heavy atom.